The number of unbranched alkanes of at least 4 members (excludes halogenated alkanes) is 3. The number of nitrogens with zero attached hydrogens (tertiary/aromatic N) is 1. The first-order valence-corrected chi connectivity index (χ1v) is 12.7. The van der Waals surface area contributed by atoms with Crippen LogP contribution in [0.25, 0.3) is 0 Å². The molecule has 2 atom stereocenters. The minimum absolute atomic E-state index is 0.0286. The van der Waals surface area contributed by atoms with E-state index in [0.717, 1.165) is 49.8 Å². The molecule has 1 aliphatic heterocycles. The number of hydrogen-bond acceptors (Lipinski definition) is 6. The van der Waals surface area contributed by atoms with Crippen molar-refractivity contribution in [1.29, 1.82) is 0 Å². The van der Waals surface area contributed by atoms with Gasteiger partial charge in [-0.1, -0.05) is 43.5 Å². The Bertz CT molecular complexity index is 1190. The van der Waals surface area contributed by atoms with Gasteiger partial charge in [0.1, 0.15) is 11.3 Å². The quantitative estimate of drug-likeness (QED) is 0.302. The second-order valence-corrected chi connectivity index (χ2v) is 9.44. The van der Waals surface area contributed by atoms with Gasteiger partial charge < -0.3 is 19.3 Å². The number of hydrazone groups is 1. The highest BCUT2D eigenvalue weighted by Gasteiger charge is 2.49. The fourth-order valence-corrected chi connectivity index (χ4v) is 5.39. The average Bonchev–Trinajstić information content (AvgIpc) is 2.92. The van der Waals surface area contributed by atoms with Crippen LogP contribution >= 0.6 is 0 Å². The summed E-state index contributed by atoms with van der Waals surface area (Å²) >= 11 is 0. The molecule has 0 saturated heterocycles. The first-order valence-electron chi connectivity index (χ1n) is 12.7. The van der Waals surface area contributed by atoms with Crippen LogP contribution in [-0.2, 0) is 4.79 Å². The zero-order valence-electron chi connectivity index (χ0n) is 21.4. The lowest BCUT2D eigenvalue weighted by atomic mass is 9.61. The molecule has 196 valence electrons. The number of para-hydroxylation sites is 1. The number of allylic oxidation sites excluding steroid dienone is 2. The zero-order valence-corrected chi connectivity index (χ0v) is 21.4. The van der Waals surface area contributed by atoms with Gasteiger partial charge in [-0.3, -0.25) is 4.79 Å². The molecule has 8 heteroatoms. The van der Waals surface area contributed by atoms with E-state index in [0.29, 0.717) is 30.3 Å². The molecule has 0 aromatic heterocycles. The maximum atomic E-state index is 12.9. The lowest BCUT2D eigenvalue weighted by Gasteiger charge is -2.44. The second-order valence-electron chi connectivity index (χ2n) is 9.44. The first kappa shape index (κ1) is 26.3. The van der Waals surface area contributed by atoms with Crippen molar-refractivity contribution in [3.05, 3.63) is 65.7 Å². The number of ether oxygens (including phenoxy) is 3. The van der Waals surface area contributed by atoms with Crippen LogP contribution < -0.4 is 19.6 Å². The van der Waals surface area contributed by atoms with Crippen LogP contribution in [0.4, 0.5) is 0 Å². The van der Waals surface area contributed by atoms with Gasteiger partial charge in [0.15, 0.2) is 11.5 Å². The summed E-state index contributed by atoms with van der Waals surface area (Å²) in [6, 6.07) is 12.5. The van der Waals surface area contributed by atoms with E-state index in [-0.39, 0.29) is 22.8 Å². The van der Waals surface area contributed by atoms with Crippen molar-refractivity contribution in [2.45, 2.75) is 44.9 Å². The summed E-state index contributed by atoms with van der Waals surface area (Å²) in [5.74, 6) is 0.480. The Hall–Kier alpha value is -3.81. The fraction of sp³-hybridized carbons (Fsp3) is 0.414. The van der Waals surface area contributed by atoms with Crippen molar-refractivity contribution in [1.82, 2.24) is 5.43 Å². The van der Waals surface area contributed by atoms with Crippen molar-refractivity contribution >= 4 is 17.6 Å². The van der Waals surface area contributed by atoms with E-state index in [9.17, 15) is 14.7 Å². The number of carboxylic acid groups (broad SMARTS) is 1. The van der Waals surface area contributed by atoms with Crippen molar-refractivity contribution in [3.63, 3.8) is 0 Å². The molecule has 0 spiro atoms. The highest BCUT2D eigenvalue weighted by atomic mass is 16.5. The molecule has 2 N–H and O–H groups in total. The van der Waals surface area contributed by atoms with Crippen LogP contribution in [0, 0.1) is 11.3 Å². The smallest absolute Gasteiger partial charge is 0.339 e. The lowest BCUT2D eigenvalue weighted by molar-refractivity contribution is -0.129. The van der Waals surface area contributed by atoms with E-state index < -0.39 is 5.97 Å². The van der Waals surface area contributed by atoms with Crippen LogP contribution in [0.1, 0.15) is 60.9 Å². The predicted octanol–water partition coefficient (Wildman–Crippen LogP) is 5.22. The van der Waals surface area contributed by atoms with Crippen molar-refractivity contribution < 1.29 is 28.9 Å². The monoisotopic (exact) mass is 506 g/mol. The van der Waals surface area contributed by atoms with Gasteiger partial charge in [-0.15, -0.1) is 0 Å². The van der Waals surface area contributed by atoms with Gasteiger partial charge >= 0.3 is 5.97 Å². The summed E-state index contributed by atoms with van der Waals surface area (Å²) in [5.41, 5.74) is 4.35. The molecule has 0 unspecified atom stereocenters. The third kappa shape index (κ3) is 5.63. The van der Waals surface area contributed by atoms with Crippen molar-refractivity contribution in [2.75, 3.05) is 20.8 Å². The number of benzene rings is 2. The molecule has 2 aliphatic rings. The second kappa shape index (κ2) is 12.0. The van der Waals surface area contributed by atoms with Crippen LogP contribution in [-0.4, -0.2) is 43.5 Å². The van der Waals surface area contributed by atoms with E-state index in [1.54, 1.807) is 38.5 Å². The standard InChI is InChI=1S/C29H34N2O6/c1-35-24-15-14-20(19-25(24)36-2)26-29(17-9-7-12-22(29)27(32)31-30-26)16-8-3-4-10-18-37-23-13-6-5-11-21(23)28(33)34/h5-7,9,11,13-15,19,22H,3-4,8,10,12,16-18H2,1-2H3,(H,31,32)(H,33,34)/t22-,29-/m1/s1. The summed E-state index contributed by atoms with van der Waals surface area (Å²) < 4.78 is 16.6. The van der Waals surface area contributed by atoms with E-state index in [1.807, 2.05) is 18.2 Å². The van der Waals surface area contributed by atoms with Gasteiger partial charge in [0, 0.05) is 11.0 Å². The molecule has 2 aromatic carbocycles. The maximum Gasteiger partial charge on any atom is 0.339 e. The van der Waals surface area contributed by atoms with Gasteiger partial charge in [-0.05, 0) is 56.0 Å². The van der Waals surface area contributed by atoms with E-state index in [2.05, 4.69) is 22.7 Å². The van der Waals surface area contributed by atoms with Crippen LogP contribution in [0.5, 0.6) is 17.2 Å². The summed E-state index contributed by atoms with van der Waals surface area (Å²) in [5, 5.41) is 13.9. The van der Waals surface area contributed by atoms with Gasteiger partial charge in [-0.25, -0.2) is 10.2 Å². The Morgan fingerprint density at radius 2 is 1.81 bits per heavy atom. The molecule has 2 aromatic rings. The number of amides is 1. The van der Waals surface area contributed by atoms with E-state index >= 15 is 0 Å². The largest absolute Gasteiger partial charge is 0.493 e. The topological polar surface area (TPSA) is 106 Å². The molecule has 0 radical (unpaired) electrons. The van der Waals surface area contributed by atoms with Gasteiger partial charge in [0.25, 0.3) is 0 Å². The van der Waals surface area contributed by atoms with Crippen LogP contribution in [0.15, 0.2) is 59.7 Å². The van der Waals surface area contributed by atoms with Crippen LogP contribution in [0.2, 0.25) is 0 Å². The van der Waals surface area contributed by atoms with E-state index in [1.165, 1.54) is 0 Å². The summed E-state index contributed by atoms with van der Waals surface area (Å²) in [7, 11) is 3.22. The molecule has 0 saturated carbocycles. The molecule has 37 heavy (non-hydrogen) atoms. The average molecular weight is 507 g/mol. The molecule has 8 nitrogen and oxygen atoms in total. The first-order chi connectivity index (χ1) is 18.0. The van der Waals surface area contributed by atoms with Crippen LogP contribution in [0.3, 0.4) is 0 Å². The number of hydrogen-bond donors (Lipinski definition) is 2. The number of nitrogens with one attached hydrogen (secondary N) is 1. The Labute approximate surface area is 217 Å². The van der Waals surface area contributed by atoms with Crippen molar-refractivity contribution in [2.24, 2.45) is 16.4 Å². The highest BCUT2D eigenvalue weighted by molar-refractivity contribution is 6.09. The third-order valence-corrected chi connectivity index (χ3v) is 7.30. The summed E-state index contributed by atoms with van der Waals surface area (Å²) in [6.45, 7) is 0.460. The Morgan fingerprint density at radius 3 is 2.59 bits per heavy atom. The predicted molar refractivity (Wildman–Crippen MR) is 141 cm³/mol. The minimum atomic E-state index is -0.991. The Balaban J connectivity index is 1.41. The number of rotatable bonds is 12. The summed E-state index contributed by atoms with van der Waals surface area (Å²) in [4.78, 5) is 24.2. The summed E-state index contributed by atoms with van der Waals surface area (Å²) in [6.07, 6.45) is 10.2. The molecule has 0 bridgehead atoms. The number of aromatic carboxylic acids is 1. The lowest BCUT2D eigenvalue weighted by Crippen LogP contribution is -2.51. The van der Waals surface area contributed by atoms with Gasteiger partial charge in [0.05, 0.1) is 32.5 Å². The van der Waals surface area contributed by atoms with Crippen molar-refractivity contribution in [3.8, 4) is 17.2 Å². The number of methoxy groups -OCH3 is 2. The molecule has 0 fully saturated rings. The molecule has 1 heterocycles. The van der Waals surface area contributed by atoms with E-state index in [4.69, 9.17) is 14.2 Å². The number of carbonyl (C=O) groups is 2. The number of carbonyl (C=O) groups excluding carboxylic acids is 1. The highest BCUT2D eigenvalue weighted by Crippen LogP contribution is 2.48. The minimum Gasteiger partial charge on any atom is -0.493 e. The van der Waals surface area contributed by atoms with Gasteiger partial charge in [0.2, 0.25) is 5.91 Å². The SMILES string of the molecule is COc1ccc(C2=NNC(=O)[C@H]3CC=CC[C@@]23CCCCCCOc2ccccc2C(=O)O)cc1OC. The maximum absolute atomic E-state index is 12.9. The number of fused-ring (bicyclic) bond motifs is 1. The molecular formula is C29H34N2O6. The molecule has 4 rings (SSSR count). The molecule has 1 amide bonds. The fourth-order valence-electron chi connectivity index (χ4n) is 5.39. The molecule has 1 aliphatic carbocycles. The normalized spacial score (nSPS) is 20.4. The Morgan fingerprint density at radius 1 is 1.03 bits per heavy atom. The van der Waals surface area contributed by atoms with Gasteiger partial charge in [-0.2, -0.15) is 5.10 Å². The third-order valence-electron chi connectivity index (χ3n) is 7.30. The Kier molecular flexibility index (Phi) is 8.48. The number of carboxylic acids is 1. The molecular weight excluding hydrogens is 472 g/mol. The zero-order chi connectivity index (χ0) is 26.3.